The molecule has 0 aliphatic rings. The molecule has 84 valence electrons. The van der Waals surface area contributed by atoms with Crippen LogP contribution in [0.15, 0.2) is 50.9 Å². The van der Waals surface area contributed by atoms with Gasteiger partial charge in [0.05, 0.1) is 4.21 Å². The molecule has 0 aliphatic carbocycles. The summed E-state index contributed by atoms with van der Waals surface area (Å²) in [7, 11) is 0. The Hall–Kier alpha value is -0.730. The second-order valence-electron chi connectivity index (χ2n) is 4.81. The minimum absolute atomic E-state index is 0.242. The summed E-state index contributed by atoms with van der Waals surface area (Å²) in [6, 6.07) is 13.1. The lowest BCUT2D eigenvalue weighted by molar-refractivity contribution is 0.590. The molecule has 0 nitrogen and oxygen atoms in total. The van der Waals surface area contributed by atoms with Crippen molar-refractivity contribution in [2.75, 3.05) is 0 Å². The molecule has 2 heteroatoms. The third-order valence-corrected chi connectivity index (χ3v) is 4.48. The lowest BCUT2D eigenvalue weighted by Crippen LogP contribution is -2.10. The molecule has 0 unspecified atom stereocenters. The van der Waals surface area contributed by atoms with Crippen molar-refractivity contribution in [3.8, 4) is 0 Å². The Bertz CT molecular complexity index is 433. The highest BCUT2D eigenvalue weighted by molar-refractivity contribution is 8.01. The predicted molar refractivity (Wildman–Crippen MR) is 73.6 cm³/mol. The SMILES string of the molecule is CC(C)(C)c1ccc(Sc2cccs2)cc1. The van der Waals surface area contributed by atoms with E-state index in [9.17, 15) is 0 Å². The molecule has 1 aromatic carbocycles. The average Bonchev–Trinajstić information content (AvgIpc) is 2.70. The van der Waals surface area contributed by atoms with Crippen LogP contribution in [0.25, 0.3) is 0 Å². The van der Waals surface area contributed by atoms with Gasteiger partial charge in [-0.2, -0.15) is 0 Å². The van der Waals surface area contributed by atoms with E-state index in [-0.39, 0.29) is 5.41 Å². The molecule has 0 aliphatic heterocycles. The molecule has 0 fully saturated rings. The van der Waals surface area contributed by atoms with Gasteiger partial charge in [-0.15, -0.1) is 11.3 Å². The first-order chi connectivity index (χ1) is 7.55. The van der Waals surface area contributed by atoms with Crippen LogP contribution in [0.4, 0.5) is 0 Å². The number of benzene rings is 1. The van der Waals surface area contributed by atoms with Crippen LogP contribution >= 0.6 is 23.1 Å². The highest BCUT2D eigenvalue weighted by Crippen LogP contribution is 2.32. The lowest BCUT2D eigenvalue weighted by Gasteiger charge is -2.18. The Labute approximate surface area is 106 Å². The smallest absolute Gasteiger partial charge is 0.0646 e. The van der Waals surface area contributed by atoms with Crippen molar-refractivity contribution in [3.05, 3.63) is 47.3 Å². The van der Waals surface area contributed by atoms with Gasteiger partial charge in [0.15, 0.2) is 0 Å². The van der Waals surface area contributed by atoms with Crippen molar-refractivity contribution >= 4 is 23.1 Å². The summed E-state index contributed by atoms with van der Waals surface area (Å²) in [6.45, 7) is 6.73. The number of hydrogen-bond donors (Lipinski definition) is 0. The summed E-state index contributed by atoms with van der Waals surface area (Å²) >= 11 is 3.62. The molecule has 2 rings (SSSR count). The minimum atomic E-state index is 0.242. The van der Waals surface area contributed by atoms with Gasteiger partial charge in [-0.3, -0.25) is 0 Å². The van der Waals surface area contributed by atoms with Gasteiger partial charge in [0.2, 0.25) is 0 Å². The van der Waals surface area contributed by atoms with E-state index in [4.69, 9.17) is 0 Å². The van der Waals surface area contributed by atoms with E-state index in [1.807, 2.05) is 11.8 Å². The summed E-state index contributed by atoms with van der Waals surface area (Å²) in [5.41, 5.74) is 1.63. The fraction of sp³-hybridized carbons (Fsp3) is 0.286. The quantitative estimate of drug-likeness (QED) is 0.704. The molecule has 16 heavy (non-hydrogen) atoms. The Balaban J connectivity index is 2.14. The van der Waals surface area contributed by atoms with Crippen LogP contribution in [0.5, 0.6) is 0 Å². The second kappa shape index (κ2) is 4.64. The van der Waals surface area contributed by atoms with E-state index in [0.717, 1.165) is 0 Å². The zero-order chi connectivity index (χ0) is 11.6. The molecular weight excluding hydrogens is 232 g/mol. The third-order valence-electron chi connectivity index (χ3n) is 2.43. The molecule has 0 spiro atoms. The van der Waals surface area contributed by atoms with Gasteiger partial charge < -0.3 is 0 Å². The van der Waals surface area contributed by atoms with Gasteiger partial charge in [-0.25, -0.2) is 0 Å². The van der Waals surface area contributed by atoms with E-state index in [1.165, 1.54) is 14.7 Å². The predicted octanol–water partition coefficient (Wildman–Crippen LogP) is 5.20. The van der Waals surface area contributed by atoms with Crippen molar-refractivity contribution in [3.63, 3.8) is 0 Å². The van der Waals surface area contributed by atoms with Gasteiger partial charge in [0.1, 0.15) is 0 Å². The standard InChI is InChI=1S/C14H16S2/c1-14(2,3)11-6-8-12(9-7-11)16-13-5-4-10-15-13/h4-10H,1-3H3. The van der Waals surface area contributed by atoms with Crippen LogP contribution in [0.2, 0.25) is 0 Å². The maximum atomic E-state index is 2.24. The molecule has 1 heterocycles. The van der Waals surface area contributed by atoms with Gasteiger partial charge >= 0.3 is 0 Å². The van der Waals surface area contributed by atoms with Crippen LogP contribution < -0.4 is 0 Å². The molecule has 2 aromatic rings. The largest absolute Gasteiger partial charge is 0.137 e. The zero-order valence-electron chi connectivity index (χ0n) is 9.86. The first-order valence-electron chi connectivity index (χ1n) is 5.37. The Morgan fingerprint density at radius 3 is 2.19 bits per heavy atom. The molecule has 1 aromatic heterocycles. The van der Waals surface area contributed by atoms with Gasteiger partial charge in [-0.1, -0.05) is 50.7 Å². The van der Waals surface area contributed by atoms with Crippen molar-refractivity contribution in [1.82, 2.24) is 0 Å². The normalized spacial score (nSPS) is 11.7. The van der Waals surface area contributed by atoms with Crippen LogP contribution in [-0.2, 0) is 5.41 Å². The van der Waals surface area contributed by atoms with Crippen molar-refractivity contribution in [2.45, 2.75) is 35.3 Å². The number of rotatable bonds is 2. The zero-order valence-corrected chi connectivity index (χ0v) is 11.5. The Kier molecular flexibility index (Phi) is 3.41. The molecule has 0 radical (unpaired) electrons. The molecule has 0 saturated heterocycles. The van der Waals surface area contributed by atoms with E-state index in [2.05, 4.69) is 62.5 Å². The highest BCUT2D eigenvalue weighted by Gasteiger charge is 2.12. The van der Waals surface area contributed by atoms with Crippen molar-refractivity contribution in [2.24, 2.45) is 0 Å². The topological polar surface area (TPSA) is 0 Å². The molecule has 0 atom stereocenters. The summed E-state index contributed by atoms with van der Waals surface area (Å²) in [6.07, 6.45) is 0. The van der Waals surface area contributed by atoms with Crippen molar-refractivity contribution < 1.29 is 0 Å². The summed E-state index contributed by atoms with van der Waals surface area (Å²) in [4.78, 5) is 1.32. The monoisotopic (exact) mass is 248 g/mol. The van der Waals surface area contributed by atoms with E-state index in [0.29, 0.717) is 0 Å². The van der Waals surface area contributed by atoms with Gasteiger partial charge in [0.25, 0.3) is 0 Å². The summed E-state index contributed by atoms with van der Waals surface area (Å²) in [5, 5.41) is 2.12. The van der Waals surface area contributed by atoms with E-state index < -0.39 is 0 Å². The minimum Gasteiger partial charge on any atom is -0.137 e. The van der Waals surface area contributed by atoms with Crippen molar-refractivity contribution in [1.29, 1.82) is 0 Å². The first-order valence-corrected chi connectivity index (χ1v) is 7.07. The highest BCUT2D eigenvalue weighted by atomic mass is 32.2. The molecule has 0 N–H and O–H groups in total. The number of hydrogen-bond acceptors (Lipinski definition) is 2. The maximum Gasteiger partial charge on any atom is 0.0646 e. The molecule has 0 bridgehead atoms. The lowest BCUT2D eigenvalue weighted by atomic mass is 9.87. The van der Waals surface area contributed by atoms with Gasteiger partial charge in [0, 0.05) is 4.90 Å². The molecule has 0 saturated carbocycles. The van der Waals surface area contributed by atoms with Gasteiger partial charge in [-0.05, 0) is 34.6 Å². The Morgan fingerprint density at radius 1 is 1.00 bits per heavy atom. The fourth-order valence-corrected chi connectivity index (χ4v) is 3.21. The summed E-state index contributed by atoms with van der Waals surface area (Å²) in [5.74, 6) is 0. The Morgan fingerprint density at radius 2 is 1.69 bits per heavy atom. The molecular formula is C14H16S2. The fourth-order valence-electron chi connectivity index (χ4n) is 1.46. The van der Waals surface area contributed by atoms with Crippen LogP contribution in [0, 0.1) is 0 Å². The third kappa shape index (κ3) is 2.89. The van der Waals surface area contributed by atoms with Crippen LogP contribution in [-0.4, -0.2) is 0 Å². The summed E-state index contributed by atoms with van der Waals surface area (Å²) < 4.78 is 1.35. The number of thiophene rings is 1. The molecule has 0 amide bonds. The average molecular weight is 248 g/mol. The second-order valence-corrected chi connectivity index (χ2v) is 7.13. The van der Waals surface area contributed by atoms with Crippen LogP contribution in [0.1, 0.15) is 26.3 Å². The van der Waals surface area contributed by atoms with Crippen LogP contribution in [0.3, 0.4) is 0 Å². The van der Waals surface area contributed by atoms with E-state index in [1.54, 1.807) is 11.3 Å². The first kappa shape index (κ1) is 11.7. The maximum absolute atomic E-state index is 2.24. The van der Waals surface area contributed by atoms with E-state index >= 15 is 0 Å².